The Kier molecular flexibility index (Phi) is 8.29. The average Bonchev–Trinajstić information content (AvgIpc) is 2.93. The standard InChI is InChI=1S/C16H15N3.C15H11ClN2.CH4/c1-11-5-7-12(8-6-11)14-10-15-13(4-3-9-18-15)16(17-2)19-14;1-10-4-6-11(7-5-10)13-9-14-12(15(16)18-13)3-2-8-17-14;/h3-10H,1-2H3,(H,17,19);2-9H,1H3;1H4. The van der Waals surface area contributed by atoms with Crippen molar-refractivity contribution in [3.8, 4) is 22.5 Å². The van der Waals surface area contributed by atoms with Gasteiger partial charge >= 0.3 is 0 Å². The second-order valence-electron chi connectivity index (χ2n) is 8.78. The third kappa shape index (κ3) is 5.79. The number of nitrogens with zero attached hydrogens (tertiary/aromatic N) is 4. The molecule has 0 atom stereocenters. The monoisotopic (exact) mass is 519 g/mol. The molecule has 38 heavy (non-hydrogen) atoms. The van der Waals surface area contributed by atoms with Gasteiger partial charge in [0.1, 0.15) is 11.0 Å². The third-order valence-electron chi connectivity index (χ3n) is 6.08. The molecule has 0 unspecified atom stereocenters. The van der Waals surface area contributed by atoms with Crippen LogP contribution in [-0.4, -0.2) is 27.0 Å². The summed E-state index contributed by atoms with van der Waals surface area (Å²) in [5.74, 6) is 0.862. The molecule has 6 rings (SSSR count). The number of hydrogen-bond donors (Lipinski definition) is 1. The molecule has 0 aliphatic carbocycles. The fourth-order valence-corrected chi connectivity index (χ4v) is 4.30. The molecule has 0 bridgehead atoms. The van der Waals surface area contributed by atoms with Crippen molar-refractivity contribution in [3.05, 3.63) is 114 Å². The molecular weight excluding hydrogens is 490 g/mol. The zero-order valence-electron chi connectivity index (χ0n) is 20.9. The van der Waals surface area contributed by atoms with Gasteiger partial charge in [0.2, 0.25) is 0 Å². The SMILES string of the molecule is C.CNc1nc(-c2ccc(C)cc2)cc2ncccc12.Cc1ccc(-c2cc3ncccc3c(Cl)n2)cc1. The number of hydrogen-bond acceptors (Lipinski definition) is 5. The number of anilines is 1. The predicted molar refractivity (Wildman–Crippen MR) is 161 cm³/mol. The number of benzene rings is 2. The fourth-order valence-electron chi connectivity index (χ4n) is 4.04. The fraction of sp³-hybridized carbons (Fsp3) is 0.125. The van der Waals surface area contributed by atoms with Crippen LogP contribution in [0.3, 0.4) is 0 Å². The summed E-state index contributed by atoms with van der Waals surface area (Å²) < 4.78 is 0. The van der Waals surface area contributed by atoms with E-state index in [-0.39, 0.29) is 7.43 Å². The topological polar surface area (TPSA) is 63.6 Å². The molecule has 5 nitrogen and oxygen atoms in total. The highest BCUT2D eigenvalue weighted by Crippen LogP contribution is 2.27. The van der Waals surface area contributed by atoms with Gasteiger partial charge in [0.25, 0.3) is 0 Å². The molecule has 6 aromatic rings. The zero-order chi connectivity index (χ0) is 25.8. The number of halogens is 1. The maximum Gasteiger partial charge on any atom is 0.139 e. The van der Waals surface area contributed by atoms with Crippen molar-refractivity contribution in [2.75, 3.05) is 12.4 Å². The molecule has 6 heteroatoms. The van der Waals surface area contributed by atoms with Gasteiger partial charge in [0.15, 0.2) is 0 Å². The second-order valence-corrected chi connectivity index (χ2v) is 9.13. The van der Waals surface area contributed by atoms with Crippen molar-refractivity contribution >= 4 is 39.2 Å². The van der Waals surface area contributed by atoms with E-state index in [9.17, 15) is 0 Å². The van der Waals surface area contributed by atoms with Crippen LogP contribution in [0.15, 0.2) is 97.3 Å². The van der Waals surface area contributed by atoms with Crippen molar-refractivity contribution in [2.24, 2.45) is 0 Å². The molecule has 0 saturated heterocycles. The van der Waals surface area contributed by atoms with Crippen molar-refractivity contribution in [1.82, 2.24) is 19.9 Å². The van der Waals surface area contributed by atoms with E-state index in [1.807, 2.05) is 55.6 Å². The summed E-state index contributed by atoms with van der Waals surface area (Å²) in [5, 5.41) is 5.56. The molecule has 0 spiro atoms. The van der Waals surface area contributed by atoms with Crippen LogP contribution in [0.25, 0.3) is 44.3 Å². The Balaban J connectivity index is 0.000000173. The molecule has 190 valence electrons. The van der Waals surface area contributed by atoms with E-state index in [4.69, 9.17) is 11.6 Å². The predicted octanol–water partition coefficient (Wildman–Crippen LogP) is 8.54. The first-order valence-electron chi connectivity index (χ1n) is 12.0. The van der Waals surface area contributed by atoms with Gasteiger partial charge in [0, 0.05) is 41.3 Å². The highest BCUT2D eigenvalue weighted by molar-refractivity contribution is 6.34. The lowest BCUT2D eigenvalue weighted by Crippen LogP contribution is -1.96. The summed E-state index contributed by atoms with van der Waals surface area (Å²) in [6.07, 6.45) is 3.57. The second kappa shape index (κ2) is 11.8. The van der Waals surface area contributed by atoms with Gasteiger partial charge in [-0.25, -0.2) is 9.97 Å². The summed E-state index contributed by atoms with van der Waals surface area (Å²) in [6, 6.07) is 28.3. The minimum atomic E-state index is 0. The first kappa shape index (κ1) is 26.7. The van der Waals surface area contributed by atoms with Crippen molar-refractivity contribution in [3.63, 3.8) is 0 Å². The molecule has 4 aromatic heterocycles. The Morgan fingerprint density at radius 1 is 0.632 bits per heavy atom. The van der Waals surface area contributed by atoms with E-state index in [1.165, 1.54) is 11.1 Å². The zero-order valence-corrected chi connectivity index (χ0v) is 21.7. The normalized spacial score (nSPS) is 10.4. The summed E-state index contributed by atoms with van der Waals surface area (Å²) in [7, 11) is 1.88. The Morgan fingerprint density at radius 3 is 1.63 bits per heavy atom. The Morgan fingerprint density at radius 2 is 1.11 bits per heavy atom. The summed E-state index contributed by atoms with van der Waals surface area (Å²) in [6.45, 7) is 4.14. The minimum absolute atomic E-state index is 0. The van der Waals surface area contributed by atoms with Crippen LogP contribution in [0.1, 0.15) is 18.6 Å². The van der Waals surface area contributed by atoms with Gasteiger partial charge in [-0.1, -0.05) is 78.7 Å². The molecule has 0 fully saturated rings. The van der Waals surface area contributed by atoms with Gasteiger partial charge in [-0.2, -0.15) is 0 Å². The third-order valence-corrected chi connectivity index (χ3v) is 6.37. The summed E-state index contributed by atoms with van der Waals surface area (Å²) >= 11 is 6.19. The van der Waals surface area contributed by atoms with E-state index < -0.39 is 0 Å². The van der Waals surface area contributed by atoms with E-state index in [0.29, 0.717) is 5.15 Å². The lowest BCUT2D eigenvalue weighted by Gasteiger charge is -2.08. The van der Waals surface area contributed by atoms with Gasteiger partial charge in [-0.3, -0.25) is 9.97 Å². The molecule has 2 aromatic carbocycles. The van der Waals surface area contributed by atoms with E-state index in [0.717, 1.165) is 50.1 Å². The number of aromatic nitrogens is 4. The van der Waals surface area contributed by atoms with Gasteiger partial charge in [-0.05, 0) is 50.2 Å². The molecule has 0 amide bonds. The van der Waals surface area contributed by atoms with Crippen LogP contribution in [0.5, 0.6) is 0 Å². The van der Waals surface area contributed by atoms with E-state index >= 15 is 0 Å². The summed E-state index contributed by atoms with van der Waals surface area (Å²) in [4.78, 5) is 17.8. The Bertz CT molecular complexity index is 1680. The largest absolute Gasteiger partial charge is 0.373 e. The van der Waals surface area contributed by atoms with Crippen LogP contribution in [0.2, 0.25) is 5.15 Å². The maximum absolute atomic E-state index is 6.19. The highest BCUT2D eigenvalue weighted by Gasteiger charge is 2.08. The number of aryl methyl sites for hydroxylation is 2. The van der Waals surface area contributed by atoms with Gasteiger partial charge < -0.3 is 5.32 Å². The number of fused-ring (bicyclic) bond motifs is 2. The summed E-state index contributed by atoms with van der Waals surface area (Å²) in [5.41, 5.74) is 8.25. The molecule has 0 radical (unpaired) electrons. The van der Waals surface area contributed by atoms with Crippen LogP contribution in [-0.2, 0) is 0 Å². The lowest BCUT2D eigenvalue weighted by atomic mass is 10.1. The van der Waals surface area contributed by atoms with E-state index in [1.54, 1.807) is 12.4 Å². The van der Waals surface area contributed by atoms with Crippen LogP contribution < -0.4 is 5.32 Å². The molecule has 1 N–H and O–H groups in total. The van der Waals surface area contributed by atoms with Crippen LogP contribution in [0.4, 0.5) is 5.82 Å². The molecule has 0 aliphatic rings. The number of pyridine rings is 4. The van der Waals surface area contributed by atoms with Crippen molar-refractivity contribution in [1.29, 1.82) is 0 Å². The smallest absolute Gasteiger partial charge is 0.139 e. The van der Waals surface area contributed by atoms with Crippen molar-refractivity contribution < 1.29 is 0 Å². The maximum atomic E-state index is 6.19. The molecule has 4 heterocycles. The number of nitrogens with one attached hydrogen (secondary N) is 1. The Hall–Kier alpha value is -4.35. The lowest BCUT2D eigenvalue weighted by molar-refractivity contribution is 1.29. The van der Waals surface area contributed by atoms with Crippen LogP contribution >= 0.6 is 11.6 Å². The molecular formula is C32H30ClN5. The first-order chi connectivity index (χ1) is 18.0. The first-order valence-corrected chi connectivity index (χ1v) is 12.4. The molecule has 0 saturated carbocycles. The molecule has 0 aliphatic heterocycles. The number of rotatable bonds is 3. The Labute approximate surface area is 228 Å². The van der Waals surface area contributed by atoms with Crippen molar-refractivity contribution in [2.45, 2.75) is 21.3 Å². The van der Waals surface area contributed by atoms with E-state index in [2.05, 4.69) is 75.5 Å². The van der Waals surface area contributed by atoms with Gasteiger partial charge in [-0.15, -0.1) is 0 Å². The average molecular weight is 520 g/mol. The van der Waals surface area contributed by atoms with Gasteiger partial charge in [0.05, 0.1) is 22.4 Å². The minimum Gasteiger partial charge on any atom is -0.373 e. The van der Waals surface area contributed by atoms with Crippen LogP contribution in [0, 0.1) is 13.8 Å². The highest BCUT2D eigenvalue weighted by atomic mass is 35.5. The quantitative estimate of drug-likeness (QED) is 0.237.